The SMILES string of the molecule is COc1ccc(-c2ccc(CN3CCCCC3CCN3CCC(C)CC3)cc2)cc1. The first kappa shape index (κ1) is 21.4. The highest BCUT2D eigenvalue weighted by Crippen LogP contribution is 2.26. The Bertz CT molecular complexity index is 762. The average molecular weight is 407 g/mol. The Morgan fingerprint density at radius 2 is 1.50 bits per heavy atom. The van der Waals surface area contributed by atoms with Crippen LogP contribution in [0.3, 0.4) is 0 Å². The third-order valence-electron chi connectivity index (χ3n) is 7.17. The zero-order chi connectivity index (χ0) is 20.8. The monoisotopic (exact) mass is 406 g/mol. The summed E-state index contributed by atoms with van der Waals surface area (Å²) in [6.45, 7) is 8.64. The van der Waals surface area contributed by atoms with E-state index < -0.39 is 0 Å². The number of hydrogen-bond donors (Lipinski definition) is 0. The molecule has 3 nitrogen and oxygen atoms in total. The van der Waals surface area contributed by atoms with E-state index in [4.69, 9.17) is 4.74 Å². The van der Waals surface area contributed by atoms with Gasteiger partial charge in [-0.05, 0) is 93.0 Å². The van der Waals surface area contributed by atoms with Crippen molar-refractivity contribution in [2.24, 2.45) is 5.92 Å². The van der Waals surface area contributed by atoms with Gasteiger partial charge in [-0.25, -0.2) is 0 Å². The number of piperidine rings is 2. The summed E-state index contributed by atoms with van der Waals surface area (Å²) in [6, 6.07) is 18.3. The zero-order valence-corrected chi connectivity index (χ0v) is 18.9. The maximum absolute atomic E-state index is 5.27. The smallest absolute Gasteiger partial charge is 0.118 e. The second-order valence-corrected chi connectivity index (χ2v) is 9.36. The van der Waals surface area contributed by atoms with Crippen LogP contribution in [-0.2, 0) is 6.54 Å². The summed E-state index contributed by atoms with van der Waals surface area (Å²) in [7, 11) is 1.71. The van der Waals surface area contributed by atoms with Crippen LogP contribution in [-0.4, -0.2) is 49.1 Å². The molecule has 0 amide bonds. The molecule has 2 aliphatic heterocycles. The van der Waals surface area contributed by atoms with Gasteiger partial charge in [0, 0.05) is 12.6 Å². The van der Waals surface area contributed by atoms with Gasteiger partial charge in [-0.3, -0.25) is 4.90 Å². The molecule has 2 saturated heterocycles. The molecule has 2 heterocycles. The van der Waals surface area contributed by atoms with Gasteiger partial charge >= 0.3 is 0 Å². The lowest BCUT2D eigenvalue weighted by Crippen LogP contribution is -2.42. The van der Waals surface area contributed by atoms with Gasteiger partial charge < -0.3 is 9.64 Å². The van der Waals surface area contributed by atoms with Crippen molar-refractivity contribution in [2.75, 3.05) is 33.3 Å². The van der Waals surface area contributed by atoms with E-state index in [1.54, 1.807) is 7.11 Å². The van der Waals surface area contributed by atoms with E-state index in [-0.39, 0.29) is 0 Å². The standard InChI is InChI=1S/C27H38N2O/c1-22-14-18-28(19-15-22)20-16-26-5-3-4-17-29(26)21-23-6-8-24(9-7-23)25-10-12-27(30-2)13-11-25/h6-13,22,26H,3-5,14-21H2,1-2H3. The Hall–Kier alpha value is -1.84. The predicted octanol–water partition coefficient (Wildman–Crippen LogP) is 5.84. The van der Waals surface area contributed by atoms with E-state index in [0.717, 1.165) is 24.3 Å². The summed E-state index contributed by atoms with van der Waals surface area (Å²) in [4.78, 5) is 5.45. The summed E-state index contributed by atoms with van der Waals surface area (Å²) in [5, 5.41) is 0. The maximum Gasteiger partial charge on any atom is 0.118 e. The molecule has 0 bridgehead atoms. The lowest BCUT2D eigenvalue weighted by molar-refractivity contribution is 0.109. The fourth-order valence-corrected chi connectivity index (χ4v) is 5.03. The normalized spacial score (nSPS) is 21.6. The maximum atomic E-state index is 5.27. The van der Waals surface area contributed by atoms with Crippen LogP contribution in [0.4, 0.5) is 0 Å². The third kappa shape index (κ3) is 5.65. The van der Waals surface area contributed by atoms with Crippen molar-refractivity contribution >= 4 is 0 Å². The van der Waals surface area contributed by atoms with Gasteiger partial charge in [0.2, 0.25) is 0 Å². The molecular weight excluding hydrogens is 368 g/mol. The van der Waals surface area contributed by atoms with E-state index >= 15 is 0 Å². The molecule has 0 aromatic heterocycles. The molecule has 2 aromatic carbocycles. The topological polar surface area (TPSA) is 15.7 Å². The molecule has 162 valence electrons. The van der Waals surface area contributed by atoms with Crippen LogP contribution in [0.5, 0.6) is 5.75 Å². The second kappa shape index (κ2) is 10.5. The van der Waals surface area contributed by atoms with Gasteiger partial charge in [-0.1, -0.05) is 49.7 Å². The molecule has 30 heavy (non-hydrogen) atoms. The third-order valence-corrected chi connectivity index (χ3v) is 7.17. The molecule has 0 aliphatic carbocycles. The number of ether oxygens (including phenoxy) is 1. The van der Waals surface area contributed by atoms with Crippen LogP contribution >= 0.6 is 0 Å². The fraction of sp³-hybridized carbons (Fsp3) is 0.556. The molecule has 2 fully saturated rings. The van der Waals surface area contributed by atoms with E-state index in [0.29, 0.717) is 0 Å². The number of hydrogen-bond acceptors (Lipinski definition) is 3. The summed E-state index contributed by atoms with van der Waals surface area (Å²) < 4.78 is 5.27. The van der Waals surface area contributed by atoms with Gasteiger partial charge in [-0.2, -0.15) is 0 Å². The van der Waals surface area contributed by atoms with E-state index in [9.17, 15) is 0 Å². The highest BCUT2D eigenvalue weighted by Gasteiger charge is 2.24. The van der Waals surface area contributed by atoms with Crippen LogP contribution in [0.15, 0.2) is 48.5 Å². The van der Waals surface area contributed by atoms with E-state index in [2.05, 4.69) is 53.1 Å². The lowest BCUT2D eigenvalue weighted by Gasteiger charge is -2.38. The number of nitrogens with zero attached hydrogens (tertiary/aromatic N) is 2. The molecule has 0 saturated carbocycles. The predicted molar refractivity (Wildman–Crippen MR) is 126 cm³/mol. The van der Waals surface area contributed by atoms with Crippen molar-refractivity contribution in [2.45, 2.75) is 58.0 Å². The number of rotatable bonds is 7. The van der Waals surface area contributed by atoms with Crippen molar-refractivity contribution in [3.05, 3.63) is 54.1 Å². The van der Waals surface area contributed by atoms with Crippen LogP contribution < -0.4 is 4.74 Å². The zero-order valence-electron chi connectivity index (χ0n) is 18.9. The number of benzene rings is 2. The molecule has 0 N–H and O–H groups in total. The van der Waals surface area contributed by atoms with E-state index in [1.807, 2.05) is 12.1 Å². The minimum atomic E-state index is 0.749. The van der Waals surface area contributed by atoms with Gasteiger partial charge in [0.1, 0.15) is 5.75 Å². The van der Waals surface area contributed by atoms with Crippen molar-refractivity contribution in [3.8, 4) is 16.9 Å². The van der Waals surface area contributed by atoms with Gasteiger partial charge in [0.25, 0.3) is 0 Å². The quantitative estimate of drug-likeness (QED) is 0.574. The Morgan fingerprint density at radius 1 is 0.833 bits per heavy atom. The molecular formula is C27H38N2O. The molecule has 2 aliphatic rings. The van der Waals surface area contributed by atoms with Crippen LogP contribution in [0, 0.1) is 5.92 Å². The molecule has 0 radical (unpaired) electrons. The second-order valence-electron chi connectivity index (χ2n) is 9.36. The molecule has 1 atom stereocenters. The largest absolute Gasteiger partial charge is 0.497 e. The number of likely N-dealkylation sites (tertiary alicyclic amines) is 2. The molecule has 0 spiro atoms. The summed E-state index contributed by atoms with van der Waals surface area (Å²) in [5.74, 6) is 1.83. The van der Waals surface area contributed by atoms with Gasteiger partial charge in [-0.15, -0.1) is 0 Å². The summed E-state index contributed by atoms with van der Waals surface area (Å²) in [6.07, 6.45) is 8.21. The molecule has 3 heteroatoms. The van der Waals surface area contributed by atoms with Crippen LogP contribution in [0.2, 0.25) is 0 Å². The average Bonchev–Trinajstić information content (AvgIpc) is 2.80. The van der Waals surface area contributed by atoms with Crippen molar-refractivity contribution in [1.82, 2.24) is 9.80 Å². The number of methoxy groups -OCH3 is 1. The van der Waals surface area contributed by atoms with Crippen molar-refractivity contribution in [1.29, 1.82) is 0 Å². The molecule has 4 rings (SSSR count). The Balaban J connectivity index is 1.33. The van der Waals surface area contributed by atoms with E-state index in [1.165, 1.54) is 81.4 Å². The highest BCUT2D eigenvalue weighted by molar-refractivity contribution is 5.64. The van der Waals surface area contributed by atoms with Gasteiger partial charge in [0.15, 0.2) is 0 Å². The van der Waals surface area contributed by atoms with Crippen LogP contribution in [0.1, 0.15) is 51.0 Å². The molecule has 2 aromatic rings. The summed E-state index contributed by atoms with van der Waals surface area (Å²) >= 11 is 0. The fourth-order valence-electron chi connectivity index (χ4n) is 5.03. The molecule has 1 unspecified atom stereocenters. The lowest BCUT2D eigenvalue weighted by atomic mass is 9.96. The minimum Gasteiger partial charge on any atom is -0.497 e. The van der Waals surface area contributed by atoms with Crippen molar-refractivity contribution < 1.29 is 4.74 Å². The Morgan fingerprint density at radius 3 is 2.17 bits per heavy atom. The van der Waals surface area contributed by atoms with Crippen molar-refractivity contribution in [3.63, 3.8) is 0 Å². The minimum absolute atomic E-state index is 0.749. The Labute approximate surface area is 183 Å². The summed E-state index contributed by atoms with van der Waals surface area (Å²) in [5.41, 5.74) is 3.95. The van der Waals surface area contributed by atoms with Crippen LogP contribution in [0.25, 0.3) is 11.1 Å². The highest BCUT2D eigenvalue weighted by atomic mass is 16.5. The first-order valence-corrected chi connectivity index (χ1v) is 11.9. The first-order valence-electron chi connectivity index (χ1n) is 11.9. The van der Waals surface area contributed by atoms with Gasteiger partial charge in [0.05, 0.1) is 7.11 Å². The first-order chi connectivity index (χ1) is 14.7. The Kier molecular flexibility index (Phi) is 7.46.